The maximum Gasteiger partial charge on any atom is 0.416 e. The van der Waals surface area contributed by atoms with Gasteiger partial charge < -0.3 is 11.1 Å². The van der Waals surface area contributed by atoms with Crippen LogP contribution in [0.5, 0.6) is 0 Å². The molecule has 0 radical (unpaired) electrons. The van der Waals surface area contributed by atoms with E-state index >= 15 is 0 Å². The largest absolute Gasteiger partial charge is 0.416 e. The maximum atomic E-state index is 12.5. The van der Waals surface area contributed by atoms with Crippen molar-refractivity contribution < 1.29 is 13.2 Å². The molecule has 2 unspecified atom stereocenters. The Morgan fingerprint density at radius 1 is 1.25 bits per heavy atom. The van der Waals surface area contributed by atoms with Crippen molar-refractivity contribution in [2.24, 2.45) is 17.6 Å². The smallest absolute Gasteiger partial charge is 0.329 e. The number of alkyl halides is 3. The van der Waals surface area contributed by atoms with Gasteiger partial charge >= 0.3 is 6.18 Å². The molecule has 0 spiro atoms. The average Bonchev–Trinajstić information content (AvgIpc) is 3.23. The Hall–Kier alpha value is -1.07. The molecule has 2 rings (SSSR count). The minimum Gasteiger partial charge on any atom is -0.329 e. The van der Waals surface area contributed by atoms with Crippen LogP contribution in [0.15, 0.2) is 24.3 Å². The van der Waals surface area contributed by atoms with Crippen LogP contribution < -0.4 is 11.1 Å². The Bertz CT molecular complexity index is 424. The topological polar surface area (TPSA) is 38.0 Å². The first-order valence-corrected chi connectivity index (χ1v) is 7.02. The number of halogens is 3. The molecule has 0 bridgehead atoms. The lowest BCUT2D eigenvalue weighted by molar-refractivity contribution is -0.137. The summed E-state index contributed by atoms with van der Waals surface area (Å²) < 4.78 is 37.5. The molecular formula is C15H21F3N2. The monoisotopic (exact) mass is 286 g/mol. The molecule has 1 fully saturated rings. The second-order valence-electron chi connectivity index (χ2n) is 5.63. The van der Waals surface area contributed by atoms with Crippen LogP contribution in [0.4, 0.5) is 13.2 Å². The molecule has 3 N–H and O–H groups in total. The first kappa shape index (κ1) is 15.3. The summed E-state index contributed by atoms with van der Waals surface area (Å²) in [6, 6.07) is 5.16. The summed E-state index contributed by atoms with van der Waals surface area (Å²) in [5.41, 5.74) is 5.91. The Balaban J connectivity index is 1.96. The molecule has 0 amide bonds. The van der Waals surface area contributed by atoms with E-state index in [0.29, 0.717) is 12.5 Å². The third kappa shape index (κ3) is 3.96. The van der Waals surface area contributed by atoms with Crippen LogP contribution in [0, 0.1) is 11.8 Å². The lowest BCUT2D eigenvalue weighted by atomic mass is 10.0. The fraction of sp³-hybridized carbons (Fsp3) is 0.600. The SMILES string of the molecule is CC(CNC(CN)c1ccc(C(F)(F)F)cc1)C1CC1. The van der Waals surface area contributed by atoms with Crippen LogP contribution in [-0.4, -0.2) is 13.1 Å². The Morgan fingerprint density at radius 2 is 1.85 bits per heavy atom. The molecule has 1 aromatic carbocycles. The van der Waals surface area contributed by atoms with E-state index in [4.69, 9.17) is 5.73 Å². The van der Waals surface area contributed by atoms with Gasteiger partial charge in [-0.15, -0.1) is 0 Å². The average molecular weight is 286 g/mol. The van der Waals surface area contributed by atoms with Crippen molar-refractivity contribution in [3.8, 4) is 0 Å². The number of nitrogens with two attached hydrogens (primary N) is 1. The van der Waals surface area contributed by atoms with Gasteiger partial charge in [0.15, 0.2) is 0 Å². The lowest BCUT2D eigenvalue weighted by Gasteiger charge is -2.20. The van der Waals surface area contributed by atoms with E-state index in [0.717, 1.165) is 30.2 Å². The summed E-state index contributed by atoms with van der Waals surface area (Å²) in [6.45, 7) is 3.43. The van der Waals surface area contributed by atoms with Gasteiger partial charge in [0.1, 0.15) is 0 Å². The third-order valence-electron chi connectivity index (χ3n) is 3.99. The Labute approximate surface area is 117 Å². The van der Waals surface area contributed by atoms with Gasteiger partial charge in [0.25, 0.3) is 0 Å². The van der Waals surface area contributed by atoms with Crippen LogP contribution in [-0.2, 0) is 6.18 Å². The first-order valence-electron chi connectivity index (χ1n) is 7.02. The van der Waals surface area contributed by atoms with Gasteiger partial charge in [-0.2, -0.15) is 13.2 Å². The van der Waals surface area contributed by atoms with E-state index < -0.39 is 11.7 Å². The van der Waals surface area contributed by atoms with Gasteiger partial charge in [0.05, 0.1) is 5.56 Å². The minimum atomic E-state index is -4.29. The lowest BCUT2D eigenvalue weighted by Crippen LogP contribution is -2.32. The normalized spacial score (nSPS) is 18.9. The molecule has 2 atom stereocenters. The van der Waals surface area contributed by atoms with Crippen molar-refractivity contribution in [3.05, 3.63) is 35.4 Å². The fourth-order valence-corrected chi connectivity index (χ4v) is 2.40. The van der Waals surface area contributed by atoms with Crippen molar-refractivity contribution in [3.63, 3.8) is 0 Å². The molecule has 1 aliphatic carbocycles. The summed E-state index contributed by atoms with van der Waals surface area (Å²) in [5.74, 6) is 1.40. The zero-order valence-electron chi connectivity index (χ0n) is 11.6. The molecule has 1 aliphatic rings. The van der Waals surface area contributed by atoms with Crippen LogP contribution in [0.25, 0.3) is 0 Å². The van der Waals surface area contributed by atoms with Gasteiger partial charge in [0.2, 0.25) is 0 Å². The number of nitrogens with one attached hydrogen (secondary N) is 1. The highest BCUT2D eigenvalue weighted by Crippen LogP contribution is 2.36. The van der Waals surface area contributed by atoms with E-state index in [1.807, 2.05) is 0 Å². The first-order chi connectivity index (χ1) is 9.41. The summed E-state index contributed by atoms with van der Waals surface area (Å²) in [6.07, 6.45) is -1.71. The summed E-state index contributed by atoms with van der Waals surface area (Å²) in [4.78, 5) is 0. The van der Waals surface area contributed by atoms with Crippen LogP contribution in [0.1, 0.15) is 36.9 Å². The van der Waals surface area contributed by atoms with Crippen LogP contribution in [0.3, 0.4) is 0 Å². The predicted molar refractivity (Wildman–Crippen MR) is 73.1 cm³/mol. The molecule has 112 valence electrons. The van der Waals surface area contributed by atoms with Gasteiger partial charge in [-0.3, -0.25) is 0 Å². The quantitative estimate of drug-likeness (QED) is 0.841. The fourth-order valence-electron chi connectivity index (χ4n) is 2.40. The molecule has 0 aliphatic heterocycles. The number of rotatable bonds is 6. The van der Waals surface area contributed by atoms with Crippen molar-refractivity contribution in [1.82, 2.24) is 5.32 Å². The number of benzene rings is 1. The third-order valence-corrected chi connectivity index (χ3v) is 3.99. The number of hydrogen-bond acceptors (Lipinski definition) is 2. The molecule has 1 saturated carbocycles. The Kier molecular flexibility index (Phi) is 4.70. The molecule has 2 nitrogen and oxygen atoms in total. The molecule has 1 aromatic rings. The van der Waals surface area contributed by atoms with Crippen molar-refractivity contribution in [1.29, 1.82) is 0 Å². The van der Waals surface area contributed by atoms with Crippen molar-refractivity contribution in [2.45, 2.75) is 32.0 Å². The molecule has 20 heavy (non-hydrogen) atoms. The standard InChI is InChI=1S/C15H21F3N2/c1-10(11-2-3-11)9-20-14(8-19)12-4-6-13(7-5-12)15(16,17)18/h4-7,10-11,14,20H,2-3,8-9,19H2,1H3. The van der Waals surface area contributed by atoms with Gasteiger partial charge in [0, 0.05) is 12.6 Å². The second kappa shape index (κ2) is 6.14. The van der Waals surface area contributed by atoms with Crippen molar-refractivity contribution >= 4 is 0 Å². The van der Waals surface area contributed by atoms with Crippen LogP contribution >= 0.6 is 0 Å². The van der Waals surface area contributed by atoms with E-state index in [1.165, 1.54) is 25.0 Å². The minimum absolute atomic E-state index is 0.0847. The zero-order chi connectivity index (χ0) is 14.8. The highest BCUT2D eigenvalue weighted by Gasteiger charge is 2.30. The van der Waals surface area contributed by atoms with Crippen LogP contribution in [0.2, 0.25) is 0 Å². The zero-order valence-corrected chi connectivity index (χ0v) is 11.6. The highest BCUT2D eigenvalue weighted by molar-refractivity contribution is 5.27. The summed E-state index contributed by atoms with van der Waals surface area (Å²) >= 11 is 0. The van der Waals surface area contributed by atoms with Gasteiger partial charge in [-0.25, -0.2) is 0 Å². The van der Waals surface area contributed by atoms with E-state index in [2.05, 4.69) is 12.2 Å². The van der Waals surface area contributed by atoms with E-state index in [1.54, 1.807) is 0 Å². The Morgan fingerprint density at radius 3 is 2.30 bits per heavy atom. The molecular weight excluding hydrogens is 265 g/mol. The summed E-state index contributed by atoms with van der Waals surface area (Å²) in [5, 5.41) is 3.36. The maximum absolute atomic E-state index is 12.5. The second-order valence-corrected chi connectivity index (χ2v) is 5.63. The molecule has 0 saturated heterocycles. The predicted octanol–water partition coefficient (Wildman–Crippen LogP) is 3.34. The number of hydrogen-bond donors (Lipinski definition) is 2. The molecule has 0 aromatic heterocycles. The van der Waals surface area contributed by atoms with Crippen molar-refractivity contribution in [2.75, 3.05) is 13.1 Å². The molecule has 5 heteroatoms. The van der Waals surface area contributed by atoms with E-state index in [-0.39, 0.29) is 6.04 Å². The summed E-state index contributed by atoms with van der Waals surface area (Å²) in [7, 11) is 0. The molecule has 0 heterocycles. The van der Waals surface area contributed by atoms with Gasteiger partial charge in [-0.05, 0) is 48.9 Å². The van der Waals surface area contributed by atoms with E-state index in [9.17, 15) is 13.2 Å². The van der Waals surface area contributed by atoms with Gasteiger partial charge in [-0.1, -0.05) is 19.1 Å². The highest BCUT2D eigenvalue weighted by atomic mass is 19.4.